The van der Waals surface area contributed by atoms with Crippen molar-refractivity contribution in [2.75, 3.05) is 11.1 Å². The van der Waals surface area contributed by atoms with Gasteiger partial charge in [0.25, 0.3) is 0 Å². The zero-order valence-electron chi connectivity index (χ0n) is 17.3. The fourth-order valence-corrected chi connectivity index (χ4v) is 4.20. The quantitative estimate of drug-likeness (QED) is 0.304. The summed E-state index contributed by atoms with van der Waals surface area (Å²) in [5.74, 6) is 0.670. The van der Waals surface area contributed by atoms with Gasteiger partial charge in [-0.2, -0.15) is 0 Å². The van der Waals surface area contributed by atoms with Gasteiger partial charge in [-0.25, -0.2) is 0 Å². The van der Waals surface area contributed by atoms with Crippen molar-refractivity contribution in [3.63, 3.8) is 0 Å². The molecule has 32 heavy (non-hydrogen) atoms. The SMILES string of the molecule is CCc1ccc(-n2c(SCC(=O)Nc3ccccc3Cl)nnc2-c2ccc(Cl)cc2)cc1. The van der Waals surface area contributed by atoms with E-state index < -0.39 is 0 Å². The van der Waals surface area contributed by atoms with Crippen LogP contribution < -0.4 is 5.32 Å². The first-order valence-corrected chi connectivity index (χ1v) is 11.8. The predicted octanol–water partition coefficient (Wildman–Crippen LogP) is 6.53. The van der Waals surface area contributed by atoms with Gasteiger partial charge in [0, 0.05) is 16.3 Å². The van der Waals surface area contributed by atoms with Crippen LogP contribution in [0.3, 0.4) is 0 Å². The summed E-state index contributed by atoms with van der Waals surface area (Å²) in [6.45, 7) is 2.12. The Hall–Kier alpha value is -2.80. The van der Waals surface area contributed by atoms with Gasteiger partial charge < -0.3 is 5.32 Å². The molecule has 0 fully saturated rings. The number of aromatic nitrogens is 3. The van der Waals surface area contributed by atoms with E-state index in [1.807, 2.05) is 53.1 Å². The Morgan fingerprint density at radius 3 is 2.38 bits per heavy atom. The van der Waals surface area contributed by atoms with Gasteiger partial charge in [-0.15, -0.1) is 10.2 Å². The molecule has 8 heteroatoms. The highest BCUT2D eigenvalue weighted by molar-refractivity contribution is 7.99. The number of para-hydroxylation sites is 1. The summed E-state index contributed by atoms with van der Waals surface area (Å²) in [4.78, 5) is 12.5. The van der Waals surface area contributed by atoms with Crippen molar-refractivity contribution in [3.05, 3.63) is 88.4 Å². The number of halogens is 2. The Morgan fingerprint density at radius 2 is 1.69 bits per heavy atom. The lowest BCUT2D eigenvalue weighted by atomic mass is 10.1. The third-order valence-corrected chi connectivity index (χ3v) is 6.33. The van der Waals surface area contributed by atoms with Crippen molar-refractivity contribution < 1.29 is 4.79 Å². The summed E-state index contributed by atoms with van der Waals surface area (Å²) in [5.41, 5.74) is 3.63. The highest BCUT2D eigenvalue weighted by Crippen LogP contribution is 2.29. The summed E-state index contributed by atoms with van der Waals surface area (Å²) in [5, 5.41) is 13.4. The third kappa shape index (κ3) is 5.15. The largest absolute Gasteiger partial charge is 0.324 e. The first kappa shape index (κ1) is 22.4. The molecule has 1 heterocycles. The number of amides is 1. The molecule has 0 aliphatic rings. The second-order valence-electron chi connectivity index (χ2n) is 6.99. The molecule has 1 amide bonds. The van der Waals surface area contributed by atoms with Crippen LogP contribution in [0.2, 0.25) is 10.0 Å². The third-order valence-electron chi connectivity index (χ3n) is 4.82. The Labute approximate surface area is 200 Å². The number of thioether (sulfide) groups is 1. The van der Waals surface area contributed by atoms with Crippen LogP contribution in [0, 0.1) is 0 Å². The van der Waals surface area contributed by atoms with E-state index in [1.54, 1.807) is 12.1 Å². The van der Waals surface area contributed by atoms with Gasteiger partial charge in [0.15, 0.2) is 11.0 Å². The molecule has 0 radical (unpaired) electrons. The van der Waals surface area contributed by atoms with Crippen LogP contribution in [0.25, 0.3) is 17.1 Å². The van der Waals surface area contributed by atoms with E-state index in [0.717, 1.165) is 17.7 Å². The van der Waals surface area contributed by atoms with E-state index in [2.05, 4.69) is 34.6 Å². The maximum absolute atomic E-state index is 12.5. The van der Waals surface area contributed by atoms with E-state index in [1.165, 1.54) is 17.3 Å². The molecule has 0 atom stereocenters. The van der Waals surface area contributed by atoms with Crippen LogP contribution in [-0.4, -0.2) is 26.4 Å². The zero-order valence-corrected chi connectivity index (χ0v) is 19.6. The number of anilines is 1. The molecular weight excluding hydrogens is 463 g/mol. The highest BCUT2D eigenvalue weighted by Gasteiger charge is 2.18. The minimum Gasteiger partial charge on any atom is -0.324 e. The molecule has 0 aliphatic carbocycles. The van der Waals surface area contributed by atoms with Crippen molar-refractivity contribution in [3.8, 4) is 17.1 Å². The molecule has 4 aromatic rings. The van der Waals surface area contributed by atoms with E-state index >= 15 is 0 Å². The van der Waals surface area contributed by atoms with Crippen LogP contribution in [0.1, 0.15) is 12.5 Å². The second kappa shape index (κ2) is 10.2. The predicted molar refractivity (Wildman–Crippen MR) is 132 cm³/mol. The van der Waals surface area contributed by atoms with Crippen LogP contribution in [0.5, 0.6) is 0 Å². The number of nitrogens with one attached hydrogen (secondary N) is 1. The Kier molecular flexibility index (Phi) is 7.15. The summed E-state index contributed by atoms with van der Waals surface area (Å²) < 4.78 is 1.95. The second-order valence-corrected chi connectivity index (χ2v) is 8.77. The molecule has 162 valence electrons. The monoisotopic (exact) mass is 482 g/mol. The molecule has 0 bridgehead atoms. The van der Waals surface area contributed by atoms with E-state index in [9.17, 15) is 4.79 Å². The fraction of sp³-hybridized carbons (Fsp3) is 0.125. The van der Waals surface area contributed by atoms with Gasteiger partial charge in [-0.05, 0) is 60.5 Å². The van der Waals surface area contributed by atoms with E-state index in [-0.39, 0.29) is 11.7 Å². The van der Waals surface area contributed by atoms with Crippen molar-refractivity contribution in [2.45, 2.75) is 18.5 Å². The number of nitrogens with zero attached hydrogens (tertiary/aromatic N) is 3. The van der Waals surface area contributed by atoms with Crippen molar-refractivity contribution >= 4 is 46.6 Å². The van der Waals surface area contributed by atoms with Crippen molar-refractivity contribution in [1.29, 1.82) is 0 Å². The smallest absolute Gasteiger partial charge is 0.234 e. The number of benzene rings is 3. The fourth-order valence-electron chi connectivity index (χ4n) is 3.14. The molecule has 3 aromatic carbocycles. The number of hydrogen-bond donors (Lipinski definition) is 1. The number of carbonyl (C=O) groups is 1. The van der Waals surface area contributed by atoms with Crippen molar-refractivity contribution in [2.24, 2.45) is 0 Å². The molecule has 1 N–H and O–H groups in total. The average molecular weight is 483 g/mol. The first-order chi connectivity index (χ1) is 15.5. The Morgan fingerprint density at radius 1 is 0.969 bits per heavy atom. The van der Waals surface area contributed by atoms with Gasteiger partial charge in [0.2, 0.25) is 5.91 Å². The topological polar surface area (TPSA) is 59.8 Å². The molecule has 0 saturated carbocycles. The lowest BCUT2D eigenvalue weighted by Crippen LogP contribution is -2.14. The molecule has 0 unspecified atom stereocenters. The lowest BCUT2D eigenvalue weighted by molar-refractivity contribution is -0.113. The lowest BCUT2D eigenvalue weighted by Gasteiger charge is -2.11. The summed E-state index contributed by atoms with van der Waals surface area (Å²) >= 11 is 13.5. The van der Waals surface area contributed by atoms with E-state index in [4.69, 9.17) is 23.2 Å². The van der Waals surface area contributed by atoms with Gasteiger partial charge in [0.05, 0.1) is 16.5 Å². The minimum atomic E-state index is -0.174. The van der Waals surface area contributed by atoms with Gasteiger partial charge in [-0.3, -0.25) is 9.36 Å². The number of hydrogen-bond acceptors (Lipinski definition) is 4. The number of carbonyl (C=O) groups excluding carboxylic acids is 1. The van der Waals surface area contributed by atoms with Gasteiger partial charge >= 0.3 is 0 Å². The summed E-state index contributed by atoms with van der Waals surface area (Å²) in [6, 6.07) is 22.8. The van der Waals surface area contributed by atoms with Crippen LogP contribution in [0.4, 0.5) is 5.69 Å². The molecule has 0 saturated heterocycles. The van der Waals surface area contributed by atoms with Crippen LogP contribution in [-0.2, 0) is 11.2 Å². The van der Waals surface area contributed by atoms with Gasteiger partial charge in [-0.1, -0.05) is 66.2 Å². The number of rotatable bonds is 7. The molecule has 0 aliphatic heterocycles. The summed E-state index contributed by atoms with van der Waals surface area (Å²) in [6.07, 6.45) is 0.955. The average Bonchev–Trinajstić information content (AvgIpc) is 3.24. The zero-order chi connectivity index (χ0) is 22.5. The normalized spacial score (nSPS) is 10.8. The van der Waals surface area contributed by atoms with Crippen LogP contribution >= 0.6 is 35.0 Å². The maximum Gasteiger partial charge on any atom is 0.234 e. The molecular formula is C24H20Cl2N4OS. The number of aryl methyl sites for hydroxylation is 1. The molecule has 4 rings (SSSR count). The maximum atomic E-state index is 12.5. The molecule has 1 aromatic heterocycles. The van der Waals surface area contributed by atoms with Crippen LogP contribution in [0.15, 0.2) is 78.0 Å². The first-order valence-electron chi connectivity index (χ1n) is 10.0. The van der Waals surface area contributed by atoms with Crippen molar-refractivity contribution in [1.82, 2.24) is 14.8 Å². The Balaban J connectivity index is 1.61. The molecule has 5 nitrogen and oxygen atoms in total. The molecule has 0 spiro atoms. The highest BCUT2D eigenvalue weighted by atomic mass is 35.5. The van der Waals surface area contributed by atoms with E-state index in [0.29, 0.717) is 26.7 Å². The minimum absolute atomic E-state index is 0.164. The summed E-state index contributed by atoms with van der Waals surface area (Å²) in [7, 11) is 0. The van der Waals surface area contributed by atoms with Gasteiger partial charge in [0.1, 0.15) is 0 Å². The standard InChI is InChI=1S/C24H20Cl2N4OS/c1-2-16-7-13-19(14-8-16)30-23(17-9-11-18(25)12-10-17)28-29-24(30)32-15-22(31)27-21-6-4-3-5-20(21)26/h3-14H,2,15H2,1H3,(H,27,31). The Bertz CT molecular complexity index is 1220.